The molecular weight excluding hydrogens is 210 g/mol. The molecule has 2 aromatic rings. The van der Waals surface area contributed by atoms with Gasteiger partial charge in [0.2, 0.25) is 0 Å². The Morgan fingerprint density at radius 1 is 0.882 bits per heavy atom. The number of nitrogens with zero attached hydrogens (tertiary/aromatic N) is 1. The molecule has 1 aliphatic heterocycles. The van der Waals surface area contributed by atoms with E-state index < -0.39 is 0 Å². The van der Waals surface area contributed by atoms with Crippen LogP contribution in [0.15, 0.2) is 47.5 Å². The van der Waals surface area contributed by atoms with Crippen LogP contribution < -0.4 is 0 Å². The van der Waals surface area contributed by atoms with E-state index in [1.807, 2.05) is 36.4 Å². The van der Waals surface area contributed by atoms with E-state index in [0.29, 0.717) is 6.54 Å². The van der Waals surface area contributed by atoms with Crippen molar-refractivity contribution in [1.82, 2.24) is 0 Å². The van der Waals surface area contributed by atoms with Crippen LogP contribution in [0.25, 0.3) is 0 Å². The molecular formula is C15H9NO. The van der Waals surface area contributed by atoms with Crippen LogP contribution >= 0.6 is 0 Å². The van der Waals surface area contributed by atoms with E-state index in [4.69, 9.17) is 0 Å². The van der Waals surface area contributed by atoms with Crippen molar-refractivity contribution in [3.63, 3.8) is 0 Å². The lowest BCUT2D eigenvalue weighted by Gasteiger charge is -2.18. The summed E-state index contributed by atoms with van der Waals surface area (Å²) in [6.07, 6.45) is 0. The standard InChI is InChI=1S/C15H9NO/c17-15-11-6-2-1-5-10(11)14-13-9(8-16-14)4-3-7-12(13)15/h1-7H,8H2. The summed E-state index contributed by atoms with van der Waals surface area (Å²) in [5.41, 5.74) is 5.77. The van der Waals surface area contributed by atoms with E-state index in [1.54, 1.807) is 0 Å². The molecule has 0 fully saturated rings. The summed E-state index contributed by atoms with van der Waals surface area (Å²) in [6, 6.07) is 13.6. The molecule has 4 rings (SSSR count). The van der Waals surface area contributed by atoms with Crippen molar-refractivity contribution < 1.29 is 4.79 Å². The third kappa shape index (κ3) is 0.998. The van der Waals surface area contributed by atoms with Gasteiger partial charge in [0.05, 0.1) is 12.3 Å². The monoisotopic (exact) mass is 219 g/mol. The van der Waals surface area contributed by atoms with Crippen LogP contribution in [0.3, 0.4) is 0 Å². The molecule has 1 heterocycles. The molecule has 0 unspecified atom stereocenters. The average molecular weight is 219 g/mol. The van der Waals surface area contributed by atoms with Gasteiger partial charge in [0.15, 0.2) is 5.78 Å². The fourth-order valence-electron chi connectivity index (χ4n) is 2.70. The molecule has 0 amide bonds. The van der Waals surface area contributed by atoms with Crippen LogP contribution in [0, 0.1) is 0 Å². The van der Waals surface area contributed by atoms with Crippen molar-refractivity contribution in [3.05, 3.63) is 70.3 Å². The number of hydrogen-bond donors (Lipinski definition) is 0. The number of benzene rings is 2. The molecule has 0 saturated heterocycles. The van der Waals surface area contributed by atoms with E-state index in [1.165, 1.54) is 5.56 Å². The number of hydrogen-bond acceptors (Lipinski definition) is 2. The number of ketones is 1. The minimum atomic E-state index is 0.123. The molecule has 2 aliphatic rings. The Balaban J connectivity index is 2.14. The summed E-state index contributed by atoms with van der Waals surface area (Å²) < 4.78 is 0. The fourth-order valence-corrected chi connectivity index (χ4v) is 2.70. The first-order valence-electron chi connectivity index (χ1n) is 5.67. The summed E-state index contributed by atoms with van der Waals surface area (Å²) in [7, 11) is 0. The maximum absolute atomic E-state index is 12.4. The third-order valence-electron chi connectivity index (χ3n) is 3.47. The second kappa shape index (κ2) is 2.92. The molecule has 17 heavy (non-hydrogen) atoms. The molecule has 0 saturated carbocycles. The molecule has 0 radical (unpaired) electrons. The lowest BCUT2D eigenvalue weighted by Crippen LogP contribution is -2.20. The van der Waals surface area contributed by atoms with Gasteiger partial charge in [-0.2, -0.15) is 0 Å². The van der Waals surface area contributed by atoms with Crippen LogP contribution in [0.2, 0.25) is 0 Å². The van der Waals surface area contributed by atoms with Gasteiger partial charge >= 0.3 is 0 Å². The van der Waals surface area contributed by atoms with Crippen molar-refractivity contribution in [3.8, 4) is 0 Å². The molecule has 2 heteroatoms. The van der Waals surface area contributed by atoms with Gasteiger partial charge in [-0.3, -0.25) is 9.79 Å². The zero-order valence-electron chi connectivity index (χ0n) is 9.10. The van der Waals surface area contributed by atoms with E-state index in [-0.39, 0.29) is 5.78 Å². The van der Waals surface area contributed by atoms with Gasteiger partial charge in [-0.1, -0.05) is 42.5 Å². The molecule has 1 aliphatic carbocycles. The quantitative estimate of drug-likeness (QED) is 0.571. The van der Waals surface area contributed by atoms with Gasteiger partial charge < -0.3 is 0 Å². The van der Waals surface area contributed by atoms with Crippen LogP contribution in [-0.4, -0.2) is 11.5 Å². The van der Waals surface area contributed by atoms with E-state index in [9.17, 15) is 4.79 Å². The number of rotatable bonds is 0. The Morgan fingerprint density at radius 2 is 1.65 bits per heavy atom. The predicted molar refractivity (Wildman–Crippen MR) is 65.7 cm³/mol. The molecule has 2 aromatic carbocycles. The van der Waals surface area contributed by atoms with E-state index >= 15 is 0 Å². The average Bonchev–Trinajstić information content (AvgIpc) is 2.81. The molecule has 0 spiro atoms. The maximum atomic E-state index is 12.4. The Kier molecular flexibility index (Phi) is 1.52. The van der Waals surface area contributed by atoms with Gasteiger partial charge in [-0.25, -0.2) is 0 Å². The largest absolute Gasteiger partial charge is 0.289 e. The van der Waals surface area contributed by atoms with Gasteiger partial charge in [0.1, 0.15) is 0 Å². The SMILES string of the molecule is O=C1c2ccccc2C2=NCc3cccc1c32. The van der Waals surface area contributed by atoms with Crippen molar-refractivity contribution in [2.24, 2.45) is 4.99 Å². The molecule has 0 bridgehead atoms. The first kappa shape index (κ1) is 8.88. The minimum absolute atomic E-state index is 0.123. The third-order valence-corrected chi connectivity index (χ3v) is 3.47. The summed E-state index contributed by atoms with van der Waals surface area (Å²) >= 11 is 0. The molecule has 80 valence electrons. The van der Waals surface area contributed by atoms with Crippen molar-refractivity contribution >= 4 is 11.5 Å². The Morgan fingerprint density at radius 3 is 2.53 bits per heavy atom. The zero-order chi connectivity index (χ0) is 11.4. The summed E-state index contributed by atoms with van der Waals surface area (Å²) in [5, 5.41) is 0. The smallest absolute Gasteiger partial charge is 0.194 e. The number of carbonyl (C=O) groups excluding carboxylic acids is 1. The predicted octanol–water partition coefficient (Wildman–Crippen LogP) is 2.58. The second-order valence-corrected chi connectivity index (χ2v) is 4.38. The topological polar surface area (TPSA) is 29.4 Å². The van der Waals surface area contributed by atoms with Crippen LogP contribution in [-0.2, 0) is 6.54 Å². The lowest BCUT2D eigenvalue weighted by atomic mass is 9.83. The number of carbonyl (C=O) groups is 1. The van der Waals surface area contributed by atoms with Gasteiger partial charge in [-0.15, -0.1) is 0 Å². The molecule has 0 N–H and O–H groups in total. The van der Waals surface area contributed by atoms with Gasteiger partial charge in [0, 0.05) is 22.3 Å². The summed E-state index contributed by atoms with van der Waals surface area (Å²) in [4.78, 5) is 17.0. The highest BCUT2D eigenvalue weighted by molar-refractivity contribution is 6.31. The van der Waals surface area contributed by atoms with Gasteiger partial charge in [0.25, 0.3) is 0 Å². The number of fused-ring (bicyclic) bond motifs is 2. The number of aliphatic imine (C=N–C) groups is 1. The Hall–Kier alpha value is -2.22. The van der Waals surface area contributed by atoms with Crippen molar-refractivity contribution in [1.29, 1.82) is 0 Å². The lowest BCUT2D eigenvalue weighted by molar-refractivity contribution is 0.103. The molecule has 0 atom stereocenters. The Bertz CT molecular complexity index is 698. The second-order valence-electron chi connectivity index (χ2n) is 4.38. The van der Waals surface area contributed by atoms with E-state index in [0.717, 1.165) is 28.0 Å². The first-order valence-corrected chi connectivity index (χ1v) is 5.67. The van der Waals surface area contributed by atoms with Crippen LogP contribution in [0.5, 0.6) is 0 Å². The van der Waals surface area contributed by atoms with Crippen LogP contribution in [0.4, 0.5) is 0 Å². The molecule has 2 nitrogen and oxygen atoms in total. The summed E-state index contributed by atoms with van der Waals surface area (Å²) in [6.45, 7) is 0.695. The first-order chi connectivity index (χ1) is 8.36. The fraction of sp³-hybridized carbons (Fsp3) is 0.0667. The summed E-state index contributed by atoms with van der Waals surface area (Å²) in [5.74, 6) is 0.123. The van der Waals surface area contributed by atoms with Crippen LogP contribution in [0.1, 0.15) is 32.6 Å². The van der Waals surface area contributed by atoms with E-state index in [2.05, 4.69) is 11.1 Å². The zero-order valence-corrected chi connectivity index (χ0v) is 9.10. The van der Waals surface area contributed by atoms with Crippen molar-refractivity contribution in [2.75, 3.05) is 0 Å². The van der Waals surface area contributed by atoms with Gasteiger partial charge in [-0.05, 0) is 5.56 Å². The molecule has 0 aromatic heterocycles. The Labute approximate surface area is 98.6 Å². The van der Waals surface area contributed by atoms with Crippen molar-refractivity contribution in [2.45, 2.75) is 6.54 Å². The maximum Gasteiger partial charge on any atom is 0.194 e. The highest BCUT2D eigenvalue weighted by Gasteiger charge is 2.31. The highest BCUT2D eigenvalue weighted by Crippen LogP contribution is 2.33. The minimum Gasteiger partial charge on any atom is -0.289 e. The normalized spacial score (nSPS) is 15.3. The highest BCUT2D eigenvalue weighted by atomic mass is 16.1.